The minimum atomic E-state index is -0.310. The van der Waals surface area contributed by atoms with Crippen LogP contribution < -0.4 is 4.90 Å². The Morgan fingerprint density at radius 2 is 0.875 bits per heavy atom. The Hall–Kier alpha value is -6.18. The van der Waals surface area contributed by atoms with E-state index in [0.29, 0.717) is 0 Å². The van der Waals surface area contributed by atoms with E-state index in [-0.39, 0.29) is 5.41 Å². The van der Waals surface area contributed by atoms with E-state index in [0.717, 1.165) is 17.1 Å². The van der Waals surface area contributed by atoms with Crippen LogP contribution in [0.1, 0.15) is 22.3 Å². The smallest absolute Gasteiger partial charge is 0.0738 e. The monoisotopic (exact) mass is 607 g/mol. The second-order valence-electron chi connectivity index (χ2n) is 13.3. The van der Waals surface area contributed by atoms with E-state index in [1.165, 1.54) is 77.5 Å². The molecular formula is C47H29N. The maximum absolute atomic E-state index is 2.49. The summed E-state index contributed by atoms with van der Waals surface area (Å²) in [6, 6.07) is 65.2. The topological polar surface area (TPSA) is 3.24 Å². The highest BCUT2D eigenvalue weighted by molar-refractivity contribution is 6.06. The molecule has 0 aliphatic heterocycles. The van der Waals surface area contributed by atoms with Crippen molar-refractivity contribution in [1.82, 2.24) is 0 Å². The molecule has 48 heavy (non-hydrogen) atoms. The third kappa shape index (κ3) is 3.25. The summed E-state index contributed by atoms with van der Waals surface area (Å²) in [6.07, 6.45) is 0. The molecule has 1 spiro atoms. The van der Waals surface area contributed by atoms with E-state index in [2.05, 4.69) is 181 Å². The van der Waals surface area contributed by atoms with Crippen molar-refractivity contribution < 1.29 is 0 Å². The Morgan fingerprint density at radius 3 is 1.67 bits per heavy atom. The lowest BCUT2D eigenvalue weighted by atomic mass is 9.73. The van der Waals surface area contributed by atoms with Gasteiger partial charge < -0.3 is 4.90 Å². The summed E-state index contributed by atoms with van der Waals surface area (Å²) in [4.78, 5) is 2.42. The molecule has 3 aliphatic rings. The van der Waals surface area contributed by atoms with Crippen LogP contribution in [0.15, 0.2) is 176 Å². The van der Waals surface area contributed by atoms with Crippen molar-refractivity contribution in [3.05, 3.63) is 198 Å². The van der Waals surface area contributed by atoms with Gasteiger partial charge in [-0.2, -0.15) is 0 Å². The highest BCUT2D eigenvalue weighted by Gasteiger charge is 2.57. The fourth-order valence-corrected chi connectivity index (χ4v) is 9.10. The van der Waals surface area contributed by atoms with Gasteiger partial charge in [0.15, 0.2) is 0 Å². The van der Waals surface area contributed by atoms with E-state index in [1.54, 1.807) is 0 Å². The van der Waals surface area contributed by atoms with E-state index < -0.39 is 0 Å². The largest absolute Gasteiger partial charge is 0.310 e. The summed E-state index contributed by atoms with van der Waals surface area (Å²) in [7, 11) is 0. The van der Waals surface area contributed by atoms with Gasteiger partial charge in [-0.1, -0.05) is 133 Å². The van der Waals surface area contributed by atoms with Crippen molar-refractivity contribution in [2.45, 2.75) is 5.41 Å². The molecule has 3 aliphatic carbocycles. The summed E-state index contributed by atoms with van der Waals surface area (Å²) in [5, 5.41) is 2.51. The number of nitrogens with zero attached hydrogens (tertiary/aromatic N) is 1. The van der Waals surface area contributed by atoms with Crippen molar-refractivity contribution in [3.8, 4) is 44.5 Å². The molecule has 8 aromatic carbocycles. The Bertz CT molecular complexity index is 2590. The van der Waals surface area contributed by atoms with Crippen LogP contribution in [0.25, 0.3) is 55.3 Å². The van der Waals surface area contributed by atoms with Crippen molar-refractivity contribution in [1.29, 1.82) is 0 Å². The van der Waals surface area contributed by atoms with Crippen molar-refractivity contribution in [2.75, 3.05) is 4.90 Å². The number of hydrogen-bond acceptors (Lipinski definition) is 1. The average molecular weight is 608 g/mol. The summed E-state index contributed by atoms with van der Waals surface area (Å²) in [5.74, 6) is 0. The molecule has 1 heteroatoms. The molecule has 0 saturated heterocycles. The molecule has 1 nitrogen and oxygen atoms in total. The first-order valence-electron chi connectivity index (χ1n) is 16.8. The molecule has 11 rings (SSSR count). The lowest BCUT2D eigenvalue weighted by Crippen LogP contribution is -2.23. The molecule has 0 heterocycles. The van der Waals surface area contributed by atoms with Crippen LogP contribution >= 0.6 is 0 Å². The van der Waals surface area contributed by atoms with Crippen molar-refractivity contribution >= 4 is 27.8 Å². The molecule has 0 N–H and O–H groups in total. The highest BCUT2D eigenvalue weighted by atomic mass is 15.1. The summed E-state index contributed by atoms with van der Waals surface area (Å²) < 4.78 is 0. The van der Waals surface area contributed by atoms with Gasteiger partial charge in [0.05, 0.1) is 5.41 Å². The number of anilines is 3. The summed E-state index contributed by atoms with van der Waals surface area (Å²) >= 11 is 0. The summed E-state index contributed by atoms with van der Waals surface area (Å²) in [5.41, 5.74) is 19.4. The van der Waals surface area contributed by atoms with Crippen molar-refractivity contribution in [2.24, 2.45) is 0 Å². The normalized spacial score (nSPS) is 15.6. The predicted octanol–water partition coefficient (Wildman–Crippen LogP) is 12.3. The van der Waals surface area contributed by atoms with Gasteiger partial charge in [0.1, 0.15) is 0 Å². The molecular weight excluding hydrogens is 579 g/mol. The highest BCUT2D eigenvalue weighted by Crippen LogP contribution is 2.70. The molecule has 0 amide bonds. The SMILES string of the molecule is c1ccc(N(c2cccc(-c3ccc4ccccc4c3)c2)c2ccc3c(c2)C24c5ccccc5-c5cccc(c52)-c2cccc-3c24)cc1. The molecule has 8 aromatic rings. The molecule has 0 bridgehead atoms. The first-order chi connectivity index (χ1) is 23.8. The summed E-state index contributed by atoms with van der Waals surface area (Å²) in [6.45, 7) is 0. The zero-order valence-corrected chi connectivity index (χ0v) is 26.2. The standard InChI is InChI=1S/C47H29N/c1-2-14-34(15-3-1)48(35-16-8-13-32(28-35)33-24-23-30-11-4-5-12-31(30)27-33)36-25-26-38-40-19-10-21-42-41-20-9-18-39-37-17-6-7-22-43(37)47(45(39)41,46(40)42)44(38)29-36/h1-29H. The first kappa shape index (κ1) is 25.9. The number of rotatable bonds is 4. The van der Waals surface area contributed by atoms with Crippen LogP contribution in [0, 0.1) is 0 Å². The van der Waals surface area contributed by atoms with Gasteiger partial charge in [0.2, 0.25) is 0 Å². The Kier molecular flexibility index (Phi) is 5.10. The van der Waals surface area contributed by atoms with Crippen LogP contribution in [-0.2, 0) is 5.41 Å². The Balaban J connectivity index is 1.15. The number of para-hydroxylation sites is 1. The van der Waals surface area contributed by atoms with E-state index in [1.807, 2.05) is 0 Å². The maximum atomic E-state index is 2.49. The van der Waals surface area contributed by atoms with E-state index in [4.69, 9.17) is 0 Å². The average Bonchev–Trinajstić information content (AvgIpc) is 3.75. The molecule has 0 fully saturated rings. The van der Waals surface area contributed by atoms with Crippen LogP contribution in [-0.4, -0.2) is 0 Å². The molecule has 0 aromatic heterocycles. The third-order valence-corrected chi connectivity index (χ3v) is 10.9. The van der Waals surface area contributed by atoms with Gasteiger partial charge in [-0.05, 0) is 120 Å². The van der Waals surface area contributed by atoms with Gasteiger partial charge in [-0.3, -0.25) is 0 Å². The van der Waals surface area contributed by atoms with Gasteiger partial charge in [0, 0.05) is 17.1 Å². The fraction of sp³-hybridized carbons (Fsp3) is 0.0213. The van der Waals surface area contributed by atoms with E-state index >= 15 is 0 Å². The van der Waals surface area contributed by atoms with Crippen LogP contribution in [0.4, 0.5) is 17.1 Å². The number of benzene rings is 8. The fourth-order valence-electron chi connectivity index (χ4n) is 9.10. The number of hydrogen-bond donors (Lipinski definition) is 0. The lowest BCUT2D eigenvalue weighted by Gasteiger charge is -2.30. The second-order valence-corrected chi connectivity index (χ2v) is 13.3. The molecule has 1 unspecified atom stereocenters. The molecule has 0 radical (unpaired) electrons. The Labute approximate surface area is 280 Å². The molecule has 0 saturated carbocycles. The second kappa shape index (κ2) is 9.44. The van der Waals surface area contributed by atoms with Gasteiger partial charge in [-0.25, -0.2) is 0 Å². The molecule has 222 valence electrons. The van der Waals surface area contributed by atoms with Crippen molar-refractivity contribution in [3.63, 3.8) is 0 Å². The Morgan fingerprint density at radius 1 is 0.312 bits per heavy atom. The minimum absolute atomic E-state index is 0.310. The number of fused-ring (bicyclic) bond motifs is 6. The third-order valence-electron chi connectivity index (χ3n) is 10.9. The molecule has 1 atom stereocenters. The van der Waals surface area contributed by atoms with Gasteiger partial charge >= 0.3 is 0 Å². The van der Waals surface area contributed by atoms with Crippen LogP contribution in [0.5, 0.6) is 0 Å². The van der Waals surface area contributed by atoms with Gasteiger partial charge in [0.25, 0.3) is 0 Å². The quantitative estimate of drug-likeness (QED) is 0.192. The first-order valence-corrected chi connectivity index (χ1v) is 16.8. The van der Waals surface area contributed by atoms with Gasteiger partial charge in [-0.15, -0.1) is 0 Å². The van der Waals surface area contributed by atoms with Crippen LogP contribution in [0.3, 0.4) is 0 Å². The maximum Gasteiger partial charge on any atom is 0.0738 e. The zero-order chi connectivity index (χ0) is 31.4. The van der Waals surface area contributed by atoms with Crippen LogP contribution in [0.2, 0.25) is 0 Å². The minimum Gasteiger partial charge on any atom is -0.310 e. The predicted molar refractivity (Wildman–Crippen MR) is 199 cm³/mol. The van der Waals surface area contributed by atoms with E-state index in [9.17, 15) is 0 Å². The zero-order valence-electron chi connectivity index (χ0n) is 26.2. The lowest BCUT2D eigenvalue weighted by molar-refractivity contribution is 0.818.